The minimum Gasteiger partial charge on any atom is -0.311 e. The van der Waals surface area contributed by atoms with Crippen LogP contribution in [0.1, 0.15) is 24.7 Å². The van der Waals surface area contributed by atoms with Crippen molar-refractivity contribution in [1.29, 1.82) is 0 Å². The van der Waals surface area contributed by atoms with Crippen LogP contribution in [-0.4, -0.2) is 36.1 Å². The lowest BCUT2D eigenvalue weighted by atomic mass is 10.4. The Labute approximate surface area is 124 Å². The zero-order chi connectivity index (χ0) is 14.7. The van der Waals surface area contributed by atoms with Gasteiger partial charge < -0.3 is 5.32 Å². The van der Waals surface area contributed by atoms with Gasteiger partial charge >= 0.3 is 0 Å². The van der Waals surface area contributed by atoms with Crippen LogP contribution in [0.4, 0.5) is 0 Å². The van der Waals surface area contributed by atoms with E-state index in [2.05, 4.69) is 32.6 Å². The third kappa shape index (κ3) is 3.14. The molecule has 0 bridgehead atoms. The number of hydrogen-bond donors (Lipinski definition) is 1. The molecule has 0 saturated carbocycles. The van der Waals surface area contributed by atoms with E-state index in [4.69, 9.17) is 0 Å². The summed E-state index contributed by atoms with van der Waals surface area (Å²) in [4.78, 5) is 16.8. The summed E-state index contributed by atoms with van der Waals surface area (Å²) in [7, 11) is 0. The summed E-state index contributed by atoms with van der Waals surface area (Å²) in [6.07, 6.45) is 2.94. The van der Waals surface area contributed by atoms with E-state index >= 15 is 0 Å². The van der Waals surface area contributed by atoms with Crippen molar-refractivity contribution in [3.05, 3.63) is 39.5 Å². The van der Waals surface area contributed by atoms with Crippen molar-refractivity contribution >= 4 is 16.3 Å². The number of nitrogens with one attached hydrogen (secondary N) is 1. The minimum atomic E-state index is -0.179. The average molecular weight is 305 g/mol. The lowest BCUT2D eigenvalue weighted by Crippen LogP contribution is -2.16. The lowest BCUT2D eigenvalue weighted by Gasteiger charge is -2.00. The topological polar surface area (TPSA) is 90.0 Å². The molecule has 0 unspecified atom stereocenters. The molecule has 3 heterocycles. The highest BCUT2D eigenvalue weighted by atomic mass is 32.1. The second-order valence-electron chi connectivity index (χ2n) is 4.60. The van der Waals surface area contributed by atoms with Crippen LogP contribution in [0.5, 0.6) is 0 Å². The highest BCUT2D eigenvalue weighted by Crippen LogP contribution is 2.05. The van der Waals surface area contributed by atoms with E-state index in [-0.39, 0.29) is 5.56 Å². The van der Waals surface area contributed by atoms with E-state index in [1.54, 1.807) is 10.2 Å². The van der Waals surface area contributed by atoms with Crippen LogP contribution in [-0.2, 0) is 13.1 Å². The molecule has 3 rings (SSSR count). The number of hydrogen-bond acceptors (Lipinski definition) is 7. The van der Waals surface area contributed by atoms with E-state index in [1.165, 1.54) is 21.9 Å². The van der Waals surface area contributed by atoms with Gasteiger partial charge in [0, 0.05) is 12.6 Å². The molecular formula is C12H15N7OS. The van der Waals surface area contributed by atoms with Gasteiger partial charge in [-0.25, -0.2) is 9.67 Å². The summed E-state index contributed by atoms with van der Waals surface area (Å²) in [5, 5.41) is 15.3. The van der Waals surface area contributed by atoms with Gasteiger partial charge in [0.1, 0.15) is 5.51 Å². The number of rotatable bonds is 6. The Morgan fingerprint density at radius 3 is 3.14 bits per heavy atom. The monoisotopic (exact) mass is 305 g/mol. The molecule has 0 radical (unpaired) electrons. The van der Waals surface area contributed by atoms with Gasteiger partial charge in [0.05, 0.1) is 24.1 Å². The molecule has 1 N–H and O–H groups in total. The van der Waals surface area contributed by atoms with Gasteiger partial charge in [-0.05, 0) is 13.0 Å². The molecule has 0 aromatic carbocycles. The normalized spacial score (nSPS) is 11.3. The molecule has 0 fully saturated rings. The van der Waals surface area contributed by atoms with Crippen LogP contribution >= 0.6 is 11.3 Å². The fraction of sp³-hybridized carbons (Fsp3) is 0.417. The van der Waals surface area contributed by atoms with Crippen LogP contribution in [0.3, 0.4) is 0 Å². The van der Waals surface area contributed by atoms with Crippen LogP contribution in [0.15, 0.2) is 22.6 Å². The number of fused-ring (bicyclic) bond motifs is 1. The van der Waals surface area contributed by atoms with Crippen molar-refractivity contribution in [2.45, 2.75) is 26.4 Å². The zero-order valence-electron chi connectivity index (χ0n) is 11.6. The summed E-state index contributed by atoms with van der Waals surface area (Å²) >= 11 is 1.33. The molecule has 0 aliphatic rings. The highest BCUT2D eigenvalue weighted by Gasteiger charge is 2.07. The van der Waals surface area contributed by atoms with Crippen molar-refractivity contribution in [3.8, 4) is 0 Å². The van der Waals surface area contributed by atoms with Gasteiger partial charge in [-0.3, -0.25) is 4.79 Å². The summed E-state index contributed by atoms with van der Waals surface area (Å²) in [5.74, 6) is 0. The van der Waals surface area contributed by atoms with Crippen molar-refractivity contribution in [1.82, 2.24) is 34.9 Å². The Kier molecular flexibility index (Phi) is 4.02. The minimum absolute atomic E-state index is 0.179. The van der Waals surface area contributed by atoms with Crippen LogP contribution in [0.25, 0.3) is 4.96 Å². The van der Waals surface area contributed by atoms with Gasteiger partial charge in [-0.2, -0.15) is 9.61 Å². The van der Waals surface area contributed by atoms with Gasteiger partial charge in [0.25, 0.3) is 5.56 Å². The predicted molar refractivity (Wildman–Crippen MR) is 78.3 cm³/mol. The maximum atomic E-state index is 11.8. The summed E-state index contributed by atoms with van der Waals surface area (Å²) in [5.41, 5.74) is 2.95. The summed E-state index contributed by atoms with van der Waals surface area (Å²) in [6, 6.07) is 1.48. The number of nitrogens with zero attached hydrogens (tertiary/aromatic N) is 6. The maximum absolute atomic E-state index is 11.8. The Morgan fingerprint density at radius 2 is 2.29 bits per heavy atom. The van der Waals surface area contributed by atoms with E-state index in [0.717, 1.165) is 18.7 Å². The second-order valence-corrected chi connectivity index (χ2v) is 5.41. The SMILES string of the molecule is CCCNCc1cn(Cc2cc(=O)n3ncsc3n2)nn1. The third-order valence-corrected chi connectivity index (χ3v) is 3.56. The quantitative estimate of drug-likeness (QED) is 0.658. The van der Waals surface area contributed by atoms with E-state index in [1.807, 2.05) is 6.20 Å². The van der Waals surface area contributed by atoms with Gasteiger partial charge in [-0.15, -0.1) is 5.10 Å². The van der Waals surface area contributed by atoms with Crippen LogP contribution in [0, 0.1) is 0 Å². The lowest BCUT2D eigenvalue weighted by molar-refractivity contribution is 0.634. The molecular weight excluding hydrogens is 290 g/mol. The zero-order valence-corrected chi connectivity index (χ0v) is 12.4. The Hall–Kier alpha value is -2.13. The van der Waals surface area contributed by atoms with Gasteiger partial charge in [0.15, 0.2) is 0 Å². The second kappa shape index (κ2) is 6.10. The number of aromatic nitrogens is 6. The largest absolute Gasteiger partial charge is 0.311 e. The predicted octanol–water partition coefficient (Wildman–Crippen LogP) is 0.290. The molecule has 110 valence electrons. The van der Waals surface area contributed by atoms with Crippen molar-refractivity contribution < 1.29 is 0 Å². The Balaban J connectivity index is 1.74. The van der Waals surface area contributed by atoms with Crippen LogP contribution in [0.2, 0.25) is 0 Å². The van der Waals surface area contributed by atoms with Crippen molar-refractivity contribution in [2.75, 3.05) is 6.54 Å². The standard InChI is InChI=1S/C12H15N7OS/c1-2-3-13-5-10-7-18(17-16-10)6-9-4-11(20)19-12(15-9)21-8-14-19/h4,7-8,13H,2-3,5-6H2,1H3. The molecule has 0 aliphatic heterocycles. The molecule has 0 spiro atoms. The molecule has 21 heavy (non-hydrogen) atoms. The molecule has 0 saturated heterocycles. The first-order valence-electron chi connectivity index (χ1n) is 6.68. The molecule has 8 nitrogen and oxygen atoms in total. The molecule has 9 heteroatoms. The smallest absolute Gasteiger partial charge is 0.275 e. The van der Waals surface area contributed by atoms with E-state index in [9.17, 15) is 4.79 Å². The Morgan fingerprint density at radius 1 is 1.38 bits per heavy atom. The fourth-order valence-electron chi connectivity index (χ4n) is 1.94. The summed E-state index contributed by atoms with van der Waals surface area (Å²) in [6.45, 7) is 4.18. The van der Waals surface area contributed by atoms with E-state index < -0.39 is 0 Å². The molecule has 3 aromatic heterocycles. The molecule has 0 aliphatic carbocycles. The fourth-order valence-corrected chi connectivity index (χ4v) is 2.58. The molecule has 0 atom stereocenters. The average Bonchev–Trinajstić information content (AvgIpc) is 3.09. The Bertz CT molecular complexity index is 790. The van der Waals surface area contributed by atoms with Crippen LogP contribution < -0.4 is 10.9 Å². The first kappa shape index (κ1) is 13.8. The molecule has 3 aromatic rings. The van der Waals surface area contributed by atoms with Gasteiger partial charge in [-0.1, -0.05) is 23.5 Å². The first-order valence-corrected chi connectivity index (χ1v) is 7.56. The maximum Gasteiger partial charge on any atom is 0.275 e. The highest BCUT2D eigenvalue weighted by molar-refractivity contribution is 7.14. The first-order chi connectivity index (χ1) is 10.3. The van der Waals surface area contributed by atoms with Crippen molar-refractivity contribution in [2.24, 2.45) is 0 Å². The molecule has 0 amide bonds. The van der Waals surface area contributed by atoms with Crippen molar-refractivity contribution in [3.63, 3.8) is 0 Å². The van der Waals surface area contributed by atoms with Gasteiger partial charge in [0.2, 0.25) is 4.96 Å². The van der Waals surface area contributed by atoms with E-state index in [0.29, 0.717) is 23.7 Å². The third-order valence-electron chi connectivity index (χ3n) is 2.88. The summed E-state index contributed by atoms with van der Waals surface area (Å²) < 4.78 is 2.97.